The Morgan fingerprint density at radius 3 is 1.48 bits per heavy atom. The number of nitrogens with zero attached hydrogens (tertiary/aromatic N) is 3. The molecule has 5 amide bonds. The minimum atomic E-state index is -0.409. The first kappa shape index (κ1) is 16.6. The van der Waals surface area contributed by atoms with E-state index in [9.17, 15) is 24.0 Å². The minimum absolute atomic E-state index is 0.0799. The second-order valence-electron chi connectivity index (χ2n) is 5.06. The summed E-state index contributed by atoms with van der Waals surface area (Å²) in [7, 11) is 0. The van der Waals surface area contributed by atoms with Crippen molar-refractivity contribution in [1.82, 2.24) is 14.7 Å². The summed E-state index contributed by atoms with van der Waals surface area (Å²) in [6.45, 7) is 2.18. The molecule has 8 nitrogen and oxygen atoms in total. The van der Waals surface area contributed by atoms with Crippen molar-refractivity contribution in [3.05, 3.63) is 24.3 Å². The van der Waals surface area contributed by atoms with Gasteiger partial charge >= 0.3 is 0 Å². The Morgan fingerprint density at radius 1 is 0.826 bits per heavy atom. The van der Waals surface area contributed by atoms with Crippen molar-refractivity contribution in [3.63, 3.8) is 0 Å². The largest absolute Gasteiger partial charge is 0.339 e. The summed E-state index contributed by atoms with van der Waals surface area (Å²) in [6, 6.07) is 0. The first-order valence-electron chi connectivity index (χ1n) is 7.29. The topological polar surface area (TPSA) is 95.1 Å². The van der Waals surface area contributed by atoms with Gasteiger partial charge in [-0.3, -0.25) is 33.8 Å². The van der Waals surface area contributed by atoms with Gasteiger partial charge in [0, 0.05) is 56.9 Å². The van der Waals surface area contributed by atoms with Crippen LogP contribution in [0.25, 0.3) is 0 Å². The van der Waals surface area contributed by atoms with Crippen LogP contribution < -0.4 is 0 Å². The molecule has 0 radical (unpaired) electrons. The number of amides is 5. The zero-order valence-corrected chi connectivity index (χ0v) is 12.7. The van der Waals surface area contributed by atoms with E-state index in [-0.39, 0.29) is 38.5 Å². The van der Waals surface area contributed by atoms with Crippen LogP contribution in [0.3, 0.4) is 0 Å². The molecule has 0 bridgehead atoms. The molecule has 0 aliphatic carbocycles. The molecule has 2 aliphatic heterocycles. The quantitative estimate of drug-likeness (QED) is 0.565. The smallest absolute Gasteiger partial charge is 0.253 e. The lowest BCUT2D eigenvalue weighted by Gasteiger charge is -2.26. The maximum absolute atomic E-state index is 12.0. The number of carbonyl (C=O) groups excluding carboxylic acids is 5. The molecule has 0 saturated carbocycles. The fraction of sp³-hybridized carbons (Fsp3) is 0.400. The molecule has 0 saturated heterocycles. The van der Waals surface area contributed by atoms with Crippen molar-refractivity contribution >= 4 is 29.5 Å². The van der Waals surface area contributed by atoms with E-state index < -0.39 is 23.6 Å². The maximum atomic E-state index is 12.0. The van der Waals surface area contributed by atoms with E-state index in [4.69, 9.17) is 0 Å². The van der Waals surface area contributed by atoms with Crippen LogP contribution in [-0.2, 0) is 24.0 Å². The molecule has 0 aromatic rings. The van der Waals surface area contributed by atoms with E-state index in [0.717, 1.165) is 9.80 Å². The van der Waals surface area contributed by atoms with Crippen LogP contribution in [0.5, 0.6) is 0 Å². The van der Waals surface area contributed by atoms with Gasteiger partial charge < -0.3 is 4.90 Å². The third-order valence-corrected chi connectivity index (χ3v) is 3.64. The lowest BCUT2D eigenvalue weighted by molar-refractivity contribution is -0.140. The van der Waals surface area contributed by atoms with Crippen LogP contribution in [0.1, 0.15) is 13.3 Å². The average molecular weight is 319 g/mol. The SMILES string of the molecule is CCC(=O)N(CCN1C(=O)C=CC1=O)CCN1C(=O)C=CC1=O. The van der Waals surface area contributed by atoms with E-state index >= 15 is 0 Å². The van der Waals surface area contributed by atoms with Gasteiger partial charge in [0.1, 0.15) is 0 Å². The summed E-state index contributed by atoms with van der Waals surface area (Å²) >= 11 is 0. The second-order valence-corrected chi connectivity index (χ2v) is 5.06. The predicted octanol–water partition coefficient (Wildman–Crippen LogP) is -0.925. The third-order valence-electron chi connectivity index (χ3n) is 3.64. The van der Waals surface area contributed by atoms with Gasteiger partial charge in [0.2, 0.25) is 5.91 Å². The number of rotatable bonds is 7. The van der Waals surface area contributed by atoms with Crippen molar-refractivity contribution in [2.75, 3.05) is 26.2 Å². The molecule has 0 atom stereocenters. The summed E-state index contributed by atoms with van der Waals surface area (Å²) in [4.78, 5) is 61.5. The average Bonchev–Trinajstić information content (AvgIpc) is 3.02. The normalized spacial score (nSPS) is 16.9. The molecular formula is C15H17N3O5. The van der Waals surface area contributed by atoms with Gasteiger partial charge in [-0.05, 0) is 0 Å². The van der Waals surface area contributed by atoms with Gasteiger partial charge in [-0.15, -0.1) is 0 Å². The van der Waals surface area contributed by atoms with E-state index in [2.05, 4.69) is 0 Å². The second kappa shape index (κ2) is 6.99. The molecule has 2 rings (SSSR count). The van der Waals surface area contributed by atoms with Gasteiger partial charge in [-0.1, -0.05) is 6.92 Å². The Balaban J connectivity index is 1.91. The van der Waals surface area contributed by atoms with E-state index in [1.165, 1.54) is 29.2 Å². The highest BCUT2D eigenvalue weighted by molar-refractivity contribution is 6.13. The third kappa shape index (κ3) is 3.71. The molecule has 0 aromatic carbocycles. The van der Waals surface area contributed by atoms with Crippen molar-refractivity contribution in [2.24, 2.45) is 0 Å². The minimum Gasteiger partial charge on any atom is -0.339 e. The maximum Gasteiger partial charge on any atom is 0.253 e. The van der Waals surface area contributed by atoms with Gasteiger partial charge in [-0.2, -0.15) is 0 Å². The molecule has 0 fully saturated rings. The summed E-state index contributed by atoms with van der Waals surface area (Å²) in [5, 5.41) is 0. The van der Waals surface area contributed by atoms with Crippen LogP contribution >= 0.6 is 0 Å². The number of hydrogen-bond acceptors (Lipinski definition) is 5. The van der Waals surface area contributed by atoms with Gasteiger partial charge in [-0.25, -0.2) is 0 Å². The zero-order chi connectivity index (χ0) is 17.0. The molecule has 2 heterocycles. The molecule has 23 heavy (non-hydrogen) atoms. The fourth-order valence-corrected chi connectivity index (χ4v) is 2.33. The monoisotopic (exact) mass is 319 g/mol. The van der Waals surface area contributed by atoms with Crippen molar-refractivity contribution in [1.29, 1.82) is 0 Å². The molecule has 0 N–H and O–H groups in total. The number of carbonyl (C=O) groups is 5. The Morgan fingerprint density at radius 2 is 1.17 bits per heavy atom. The Hall–Kier alpha value is -2.77. The van der Waals surface area contributed by atoms with Crippen molar-refractivity contribution in [3.8, 4) is 0 Å². The molecule has 2 aliphatic rings. The number of imide groups is 2. The Bertz CT molecular complexity index is 541. The highest BCUT2D eigenvalue weighted by Crippen LogP contribution is 2.07. The van der Waals surface area contributed by atoms with Crippen LogP contribution in [0.2, 0.25) is 0 Å². The first-order valence-corrected chi connectivity index (χ1v) is 7.29. The molecule has 0 aromatic heterocycles. The number of hydrogen-bond donors (Lipinski definition) is 0. The van der Waals surface area contributed by atoms with Crippen molar-refractivity contribution < 1.29 is 24.0 Å². The lowest BCUT2D eigenvalue weighted by Crippen LogP contribution is -2.44. The summed E-state index contributed by atoms with van der Waals surface area (Å²) in [5.41, 5.74) is 0. The molecule has 8 heteroatoms. The predicted molar refractivity (Wildman–Crippen MR) is 78.6 cm³/mol. The van der Waals surface area contributed by atoms with Crippen LogP contribution in [0, 0.1) is 0 Å². The van der Waals surface area contributed by atoms with E-state index in [1.807, 2.05) is 0 Å². The Labute approximate surface area is 133 Å². The first-order chi connectivity index (χ1) is 10.9. The van der Waals surface area contributed by atoms with Gasteiger partial charge in [0.05, 0.1) is 0 Å². The molecule has 122 valence electrons. The van der Waals surface area contributed by atoms with Crippen molar-refractivity contribution in [2.45, 2.75) is 13.3 Å². The summed E-state index contributed by atoms with van der Waals surface area (Å²) in [5.74, 6) is -1.81. The standard InChI is InChI=1S/C15H17N3O5/c1-2-11(19)16(7-9-17-12(20)3-4-13(17)21)8-10-18-14(22)5-6-15(18)23/h3-6H,2,7-10H2,1H3. The summed E-state index contributed by atoms with van der Waals surface area (Å²) in [6.07, 6.45) is 4.98. The molecule has 0 unspecified atom stereocenters. The van der Waals surface area contributed by atoms with Gasteiger partial charge in [0.25, 0.3) is 23.6 Å². The van der Waals surface area contributed by atoms with Crippen LogP contribution in [0.15, 0.2) is 24.3 Å². The van der Waals surface area contributed by atoms with Gasteiger partial charge in [0.15, 0.2) is 0 Å². The highest BCUT2D eigenvalue weighted by Gasteiger charge is 2.26. The van der Waals surface area contributed by atoms with Crippen LogP contribution in [-0.4, -0.2) is 70.4 Å². The molecule has 0 spiro atoms. The fourth-order valence-electron chi connectivity index (χ4n) is 2.33. The lowest BCUT2D eigenvalue weighted by atomic mass is 10.3. The summed E-state index contributed by atoms with van der Waals surface area (Å²) < 4.78 is 0. The molecular weight excluding hydrogens is 302 g/mol. The zero-order valence-electron chi connectivity index (χ0n) is 12.7. The Kier molecular flexibility index (Phi) is 5.05. The van der Waals surface area contributed by atoms with Crippen LogP contribution in [0.4, 0.5) is 0 Å². The van der Waals surface area contributed by atoms with E-state index in [1.54, 1.807) is 6.92 Å². The highest BCUT2D eigenvalue weighted by atomic mass is 16.2. The van der Waals surface area contributed by atoms with E-state index in [0.29, 0.717) is 0 Å².